The number of rotatable bonds is 5. The molecule has 0 amide bonds. The maximum atomic E-state index is 12.1. The van der Waals surface area contributed by atoms with Crippen molar-refractivity contribution in [1.29, 1.82) is 0 Å². The van der Waals surface area contributed by atoms with Gasteiger partial charge < -0.3 is 10.1 Å². The number of pyridine rings is 1. The Morgan fingerprint density at radius 1 is 1.26 bits per heavy atom. The smallest absolute Gasteiger partial charge is 0.174 e. The molecule has 1 unspecified atom stereocenters. The summed E-state index contributed by atoms with van der Waals surface area (Å²) in [5.41, 5.74) is 0.930. The van der Waals surface area contributed by atoms with Crippen molar-refractivity contribution in [2.24, 2.45) is 0 Å². The maximum Gasteiger partial charge on any atom is 0.174 e. The minimum absolute atomic E-state index is 0.504. The first kappa shape index (κ1) is 15.4. The molecule has 0 aliphatic rings. The van der Waals surface area contributed by atoms with Crippen molar-refractivity contribution in [1.82, 2.24) is 19.5 Å². The normalized spacial score (nSPS) is 12.5. The molecule has 0 fully saturated rings. The van der Waals surface area contributed by atoms with E-state index in [1.54, 1.807) is 37.8 Å². The van der Waals surface area contributed by atoms with Gasteiger partial charge in [0.1, 0.15) is 11.0 Å². The van der Waals surface area contributed by atoms with E-state index >= 15 is 0 Å². The summed E-state index contributed by atoms with van der Waals surface area (Å²) in [6, 6.07) is 9.50. The molecule has 23 heavy (non-hydrogen) atoms. The number of nitrogens with zero attached hydrogens (tertiary/aromatic N) is 3. The van der Waals surface area contributed by atoms with Gasteiger partial charge in [-0.15, -0.1) is 0 Å². The fourth-order valence-corrected chi connectivity index (χ4v) is 2.93. The molecule has 0 aliphatic carbocycles. The molecule has 8 heteroatoms. The van der Waals surface area contributed by atoms with Crippen molar-refractivity contribution >= 4 is 33.5 Å². The molecule has 1 atom stereocenters. The van der Waals surface area contributed by atoms with Crippen molar-refractivity contribution in [3.05, 3.63) is 36.5 Å². The van der Waals surface area contributed by atoms with Crippen LogP contribution in [0.15, 0.2) is 41.4 Å². The Morgan fingerprint density at radius 2 is 2.04 bits per heavy atom. The SMILES string of the molecule is COc1cc(S(=O)N(C)C)cnc1Nc1n[nH]c2ccccc12. The van der Waals surface area contributed by atoms with Gasteiger partial charge in [0.25, 0.3) is 0 Å². The van der Waals surface area contributed by atoms with Crippen molar-refractivity contribution in [3.8, 4) is 5.75 Å². The van der Waals surface area contributed by atoms with Crippen LogP contribution in [0.2, 0.25) is 0 Å². The molecule has 2 aromatic heterocycles. The molecule has 7 nitrogen and oxygen atoms in total. The fourth-order valence-electron chi connectivity index (χ4n) is 2.15. The number of anilines is 2. The average Bonchev–Trinajstić information content (AvgIpc) is 2.97. The molecular weight excluding hydrogens is 314 g/mol. The highest BCUT2D eigenvalue weighted by atomic mass is 32.2. The predicted molar refractivity (Wildman–Crippen MR) is 90.3 cm³/mol. The lowest BCUT2D eigenvalue weighted by molar-refractivity contribution is 0.413. The zero-order valence-corrected chi connectivity index (χ0v) is 13.8. The van der Waals surface area contributed by atoms with Gasteiger partial charge in [0.15, 0.2) is 17.4 Å². The van der Waals surface area contributed by atoms with Crippen molar-refractivity contribution in [2.75, 3.05) is 26.5 Å². The van der Waals surface area contributed by atoms with Crippen molar-refractivity contribution in [2.45, 2.75) is 4.90 Å². The third-order valence-electron chi connectivity index (χ3n) is 3.29. The molecule has 2 heterocycles. The third-order valence-corrected chi connectivity index (χ3v) is 4.58. The van der Waals surface area contributed by atoms with Crippen LogP contribution in [0, 0.1) is 0 Å². The van der Waals surface area contributed by atoms with Gasteiger partial charge >= 0.3 is 0 Å². The molecule has 3 rings (SSSR count). The number of para-hydroxylation sites is 1. The lowest BCUT2D eigenvalue weighted by Gasteiger charge is -2.12. The van der Waals surface area contributed by atoms with E-state index in [4.69, 9.17) is 4.74 Å². The number of fused-ring (bicyclic) bond motifs is 1. The second-order valence-electron chi connectivity index (χ2n) is 5.03. The molecule has 1 aromatic carbocycles. The van der Waals surface area contributed by atoms with E-state index in [9.17, 15) is 4.21 Å². The van der Waals surface area contributed by atoms with Gasteiger partial charge in [-0.25, -0.2) is 13.5 Å². The second kappa shape index (κ2) is 6.35. The van der Waals surface area contributed by atoms with Crippen LogP contribution >= 0.6 is 0 Å². The number of ether oxygens (including phenoxy) is 1. The third kappa shape index (κ3) is 3.03. The van der Waals surface area contributed by atoms with E-state index < -0.39 is 11.0 Å². The van der Waals surface area contributed by atoms with Crippen LogP contribution in [0.3, 0.4) is 0 Å². The number of methoxy groups -OCH3 is 1. The summed E-state index contributed by atoms with van der Waals surface area (Å²) in [5.74, 6) is 1.68. The number of hydrogen-bond acceptors (Lipinski definition) is 5. The number of aromatic nitrogens is 3. The van der Waals surface area contributed by atoms with Crippen LogP contribution in [-0.4, -0.2) is 44.9 Å². The monoisotopic (exact) mass is 331 g/mol. The highest BCUT2D eigenvalue weighted by molar-refractivity contribution is 7.82. The Balaban J connectivity index is 1.95. The van der Waals surface area contributed by atoms with Crippen LogP contribution in [0.1, 0.15) is 0 Å². The Hall–Kier alpha value is -2.45. The van der Waals surface area contributed by atoms with Gasteiger partial charge in [0.05, 0.1) is 17.5 Å². The number of hydrogen-bond donors (Lipinski definition) is 2. The molecule has 0 saturated heterocycles. The van der Waals surface area contributed by atoms with Gasteiger partial charge in [-0.2, -0.15) is 5.10 Å². The lowest BCUT2D eigenvalue weighted by atomic mass is 10.2. The lowest BCUT2D eigenvalue weighted by Crippen LogP contribution is -2.15. The molecule has 0 bridgehead atoms. The van der Waals surface area contributed by atoms with E-state index in [1.165, 1.54) is 0 Å². The molecule has 0 aliphatic heterocycles. The number of benzene rings is 1. The summed E-state index contributed by atoms with van der Waals surface area (Å²) in [6.45, 7) is 0. The van der Waals surface area contributed by atoms with E-state index in [2.05, 4.69) is 20.5 Å². The van der Waals surface area contributed by atoms with Crippen LogP contribution in [-0.2, 0) is 11.0 Å². The van der Waals surface area contributed by atoms with Crippen LogP contribution < -0.4 is 10.1 Å². The zero-order chi connectivity index (χ0) is 16.4. The summed E-state index contributed by atoms with van der Waals surface area (Å²) in [5, 5.41) is 11.3. The Morgan fingerprint density at radius 3 is 2.78 bits per heavy atom. The van der Waals surface area contributed by atoms with Gasteiger partial charge in [-0.3, -0.25) is 5.10 Å². The number of nitrogens with one attached hydrogen (secondary N) is 2. The van der Waals surface area contributed by atoms with E-state index in [1.807, 2.05) is 24.3 Å². The highest BCUT2D eigenvalue weighted by Crippen LogP contribution is 2.29. The van der Waals surface area contributed by atoms with Crippen molar-refractivity contribution in [3.63, 3.8) is 0 Å². The summed E-state index contributed by atoms with van der Waals surface area (Å²) in [4.78, 5) is 4.90. The fraction of sp³-hybridized carbons (Fsp3) is 0.200. The zero-order valence-electron chi connectivity index (χ0n) is 13.0. The standard InChI is InChI=1S/C15H17N5O2S/c1-20(2)23(21)10-8-13(22-3)15(16-9-10)17-14-11-6-4-5-7-12(11)18-19-14/h4-9H,1-3H3,(H2,16,17,18,19). The topological polar surface area (TPSA) is 83.1 Å². The number of H-pyrrole nitrogens is 1. The van der Waals surface area contributed by atoms with Crippen LogP contribution in [0.4, 0.5) is 11.6 Å². The first-order valence-electron chi connectivity index (χ1n) is 6.93. The summed E-state index contributed by atoms with van der Waals surface area (Å²) < 4.78 is 19.1. The quantitative estimate of drug-likeness (QED) is 0.749. The van der Waals surface area contributed by atoms with E-state index in [0.717, 1.165) is 10.9 Å². The molecule has 3 aromatic rings. The minimum Gasteiger partial charge on any atom is -0.493 e. The summed E-state index contributed by atoms with van der Waals surface area (Å²) in [6.07, 6.45) is 1.57. The maximum absolute atomic E-state index is 12.1. The van der Waals surface area contributed by atoms with Gasteiger partial charge in [-0.05, 0) is 26.2 Å². The van der Waals surface area contributed by atoms with Gasteiger partial charge in [0, 0.05) is 17.6 Å². The summed E-state index contributed by atoms with van der Waals surface area (Å²) >= 11 is 0. The molecule has 0 radical (unpaired) electrons. The first-order valence-corrected chi connectivity index (χ1v) is 8.04. The van der Waals surface area contributed by atoms with Crippen LogP contribution in [0.25, 0.3) is 10.9 Å². The van der Waals surface area contributed by atoms with Crippen LogP contribution in [0.5, 0.6) is 5.75 Å². The molecule has 0 saturated carbocycles. The minimum atomic E-state index is -1.27. The van der Waals surface area contributed by atoms with Crippen molar-refractivity contribution < 1.29 is 8.95 Å². The Labute approximate surface area is 136 Å². The van der Waals surface area contributed by atoms with E-state index in [0.29, 0.717) is 22.3 Å². The molecule has 120 valence electrons. The summed E-state index contributed by atoms with van der Waals surface area (Å²) in [7, 11) is 3.76. The predicted octanol–water partition coefficient (Wildman–Crippen LogP) is 2.29. The van der Waals surface area contributed by atoms with Gasteiger partial charge in [-0.1, -0.05) is 12.1 Å². The Bertz CT molecular complexity index is 862. The highest BCUT2D eigenvalue weighted by Gasteiger charge is 2.14. The van der Waals surface area contributed by atoms with E-state index in [-0.39, 0.29) is 0 Å². The first-order chi connectivity index (χ1) is 11.1. The largest absolute Gasteiger partial charge is 0.493 e. The molecular formula is C15H17N5O2S. The second-order valence-corrected chi connectivity index (χ2v) is 6.73. The van der Waals surface area contributed by atoms with Gasteiger partial charge in [0.2, 0.25) is 0 Å². The number of aromatic amines is 1. The molecule has 2 N–H and O–H groups in total. The average molecular weight is 331 g/mol. The Kier molecular flexibility index (Phi) is 4.26. The molecule has 0 spiro atoms.